The van der Waals surface area contributed by atoms with Crippen molar-refractivity contribution in [1.82, 2.24) is 0 Å². The van der Waals surface area contributed by atoms with Gasteiger partial charge in [0, 0.05) is 18.1 Å². The molecule has 0 spiro atoms. The van der Waals surface area contributed by atoms with Gasteiger partial charge < -0.3 is 4.74 Å². The van der Waals surface area contributed by atoms with Crippen LogP contribution < -0.4 is 0 Å². The monoisotopic (exact) mass is 238 g/mol. The molecule has 1 saturated heterocycles. The summed E-state index contributed by atoms with van der Waals surface area (Å²) in [7, 11) is 0. The predicted octanol–water partition coefficient (Wildman–Crippen LogP) is 2.88. The van der Waals surface area contributed by atoms with Gasteiger partial charge in [-0.25, -0.2) is 0 Å². The fourth-order valence-corrected chi connectivity index (χ4v) is 2.27. The number of carbonyl (C=O) groups excluding carboxylic acids is 1. The third kappa shape index (κ3) is 2.63. The van der Waals surface area contributed by atoms with Crippen molar-refractivity contribution in [3.8, 4) is 0 Å². The van der Waals surface area contributed by atoms with E-state index in [4.69, 9.17) is 16.3 Å². The van der Waals surface area contributed by atoms with E-state index in [0.717, 1.165) is 12.0 Å². The zero-order valence-electron chi connectivity index (χ0n) is 9.28. The Bertz CT molecular complexity index is 389. The fourth-order valence-electron chi connectivity index (χ4n) is 2.06. The molecule has 1 heterocycles. The fraction of sp³-hybridized carbons (Fsp3) is 0.462. The summed E-state index contributed by atoms with van der Waals surface area (Å²) < 4.78 is 5.45. The second kappa shape index (κ2) is 4.98. The Balaban J connectivity index is 2.02. The normalized spacial score (nSPS) is 24.6. The minimum Gasteiger partial charge on any atom is -0.370 e. The van der Waals surface area contributed by atoms with Crippen LogP contribution in [0.5, 0.6) is 0 Å². The molecular formula is C13H15ClO2. The minimum atomic E-state index is -0.223. The molecule has 1 aliphatic rings. The van der Waals surface area contributed by atoms with Crippen molar-refractivity contribution < 1.29 is 9.53 Å². The molecule has 1 aliphatic heterocycles. The molecule has 0 N–H and O–H groups in total. The molecule has 0 bridgehead atoms. The lowest BCUT2D eigenvalue weighted by atomic mass is 9.96. The molecule has 2 atom stereocenters. The summed E-state index contributed by atoms with van der Waals surface area (Å²) >= 11 is 5.87. The molecular weight excluding hydrogens is 224 g/mol. The van der Waals surface area contributed by atoms with Crippen molar-refractivity contribution in [2.75, 3.05) is 6.61 Å². The van der Waals surface area contributed by atoms with Gasteiger partial charge in [-0.2, -0.15) is 0 Å². The van der Waals surface area contributed by atoms with Crippen LogP contribution in [0.15, 0.2) is 24.3 Å². The standard InChI is InChI=1S/C13H15ClO2/c1-9-5-6-16-13(9)12(15)8-10-3-2-4-11(14)7-10/h2-4,7,9,13H,5-6,8H2,1H3. The van der Waals surface area contributed by atoms with Gasteiger partial charge in [-0.3, -0.25) is 4.79 Å². The molecule has 1 aromatic rings. The first kappa shape index (κ1) is 11.6. The van der Waals surface area contributed by atoms with Gasteiger partial charge in [0.15, 0.2) is 5.78 Å². The van der Waals surface area contributed by atoms with Crippen LogP contribution in [0.2, 0.25) is 5.02 Å². The van der Waals surface area contributed by atoms with Gasteiger partial charge in [0.25, 0.3) is 0 Å². The number of halogens is 1. The van der Waals surface area contributed by atoms with Crippen LogP contribution in [0.3, 0.4) is 0 Å². The number of Topliss-reactive ketones (excluding diaryl/α,β-unsaturated/α-hetero) is 1. The highest BCUT2D eigenvalue weighted by Gasteiger charge is 2.30. The second-order valence-electron chi connectivity index (χ2n) is 4.33. The van der Waals surface area contributed by atoms with E-state index < -0.39 is 0 Å². The van der Waals surface area contributed by atoms with Gasteiger partial charge in [0.2, 0.25) is 0 Å². The maximum atomic E-state index is 12.0. The molecule has 0 saturated carbocycles. The molecule has 16 heavy (non-hydrogen) atoms. The summed E-state index contributed by atoms with van der Waals surface area (Å²) in [6.07, 6.45) is 1.17. The van der Waals surface area contributed by atoms with E-state index in [0.29, 0.717) is 24.0 Å². The Kier molecular flexibility index (Phi) is 3.62. The Morgan fingerprint density at radius 3 is 3.00 bits per heavy atom. The molecule has 2 nitrogen and oxygen atoms in total. The topological polar surface area (TPSA) is 26.3 Å². The molecule has 1 aromatic carbocycles. The largest absolute Gasteiger partial charge is 0.370 e. The van der Waals surface area contributed by atoms with Crippen LogP contribution in [0, 0.1) is 5.92 Å². The zero-order valence-corrected chi connectivity index (χ0v) is 10.0. The van der Waals surface area contributed by atoms with Gasteiger partial charge in [-0.15, -0.1) is 0 Å². The smallest absolute Gasteiger partial charge is 0.166 e. The first-order valence-electron chi connectivity index (χ1n) is 5.55. The molecule has 0 radical (unpaired) electrons. The van der Waals surface area contributed by atoms with Crippen molar-refractivity contribution >= 4 is 17.4 Å². The Morgan fingerprint density at radius 2 is 2.38 bits per heavy atom. The molecule has 1 fully saturated rings. The third-order valence-corrected chi connectivity index (χ3v) is 3.21. The van der Waals surface area contributed by atoms with Gasteiger partial charge in [0.05, 0.1) is 0 Å². The molecule has 0 aromatic heterocycles. The van der Waals surface area contributed by atoms with Crippen LogP contribution in [-0.2, 0) is 16.0 Å². The predicted molar refractivity (Wildman–Crippen MR) is 63.7 cm³/mol. The van der Waals surface area contributed by atoms with Crippen molar-refractivity contribution in [3.63, 3.8) is 0 Å². The van der Waals surface area contributed by atoms with Crippen LogP contribution in [-0.4, -0.2) is 18.5 Å². The van der Waals surface area contributed by atoms with Crippen molar-refractivity contribution in [2.24, 2.45) is 5.92 Å². The first-order valence-corrected chi connectivity index (χ1v) is 5.93. The lowest BCUT2D eigenvalue weighted by Crippen LogP contribution is -2.26. The van der Waals surface area contributed by atoms with E-state index in [1.54, 1.807) is 0 Å². The number of carbonyl (C=O) groups is 1. The van der Waals surface area contributed by atoms with Crippen molar-refractivity contribution in [2.45, 2.75) is 25.9 Å². The summed E-state index contributed by atoms with van der Waals surface area (Å²) in [5, 5.41) is 0.672. The maximum Gasteiger partial charge on any atom is 0.166 e. The molecule has 86 valence electrons. The average Bonchev–Trinajstić information content (AvgIpc) is 2.64. The summed E-state index contributed by atoms with van der Waals surface area (Å²) in [5.41, 5.74) is 0.959. The number of ketones is 1. The molecule has 0 amide bonds. The van der Waals surface area contributed by atoms with E-state index in [2.05, 4.69) is 6.92 Å². The summed E-state index contributed by atoms with van der Waals surface area (Å²) in [5.74, 6) is 0.499. The SMILES string of the molecule is CC1CCOC1C(=O)Cc1cccc(Cl)c1. The average molecular weight is 239 g/mol. The number of hydrogen-bond acceptors (Lipinski definition) is 2. The van der Waals surface area contributed by atoms with Gasteiger partial charge >= 0.3 is 0 Å². The van der Waals surface area contributed by atoms with Crippen LogP contribution >= 0.6 is 11.6 Å². The highest BCUT2D eigenvalue weighted by atomic mass is 35.5. The highest BCUT2D eigenvalue weighted by Crippen LogP contribution is 2.22. The highest BCUT2D eigenvalue weighted by molar-refractivity contribution is 6.30. The van der Waals surface area contributed by atoms with E-state index in [-0.39, 0.29) is 11.9 Å². The summed E-state index contributed by atoms with van der Waals surface area (Å²) in [6.45, 7) is 2.76. The second-order valence-corrected chi connectivity index (χ2v) is 4.77. The number of rotatable bonds is 3. The molecule has 2 unspecified atom stereocenters. The molecule has 0 aliphatic carbocycles. The number of benzene rings is 1. The number of hydrogen-bond donors (Lipinski definition) is 0. The third-order valence-electron chi connectivity index (χ3n) is 2.97. The van der Waals surface area contributed by atoms with Gasteiger partial charge in [-0.1, -0.05) is 30.7 Å². The Labute approximate surface area is 101 Å². The van der Waals surface area contributed by atoms with E-state index in [1.807, 2.05) is 24.3 Å². The van der Waals surface area contributed by atoms with Crippen LogP contribution in [0.4, 0.5) is 0 Å². The lowest BCUT2D eigenvalue weighted by molar-refractivity contribution is -0.128. The van der Waals surface area contributed by atoms with Gasteiger partial charge in [-0.05, 0) is 30.0 Å². The Hall–Kier alpha value is -0.860. The van der Waals surface area contributed by atoms with Crippen LogP contribution in [0.25, 0.3) is 0 Å². The van der Waals surface area contributed by atoms with E-state index >= 15 is 0 Å². The zero-order chi connectivity index (χ0) is 11.5. The Morgan fingerprint density at radius 1 is 1.56 bits per heavy atom. The quantitative estimate of drug-likeness (QED) is 0.810. The van der Waals surface area contributed by atoms with Crippen molar-refractivity contribution in [1.29, 1.82) is 0 Å². The van der Waals surface area contributed by atoms with E-state index in [1.165, 1.54) is 0 Å². The summed E-state index contributed by atoms with van der Waals surface area (Å²) in [4.78, 5) is 12.0. The maximum absolute atomic E-state index is 12.0. The molecule has 3 heteroatoms. The van der Waals surface area contributed by atoms with E-state index in [9.17, 15) is 4.79 Å². The first-order chi connectivity index (χ1) is 7.66. The van der Waals surface area contributed by atoms with Crippen molar-refractivity contribution in [3.05, 3.63) is 34.9 Å². The minimum absolute atomic E-state index is 0.160. The van der Waals surface area contributed by atoms with Gasteiger partial charge in [0.1, 0.15) is 6.10 Å². The number of ether oxygens (including phenoxy) is 1. The van der Waals surface area contributed by atoms with Crippen LogP contribution in [0.1, 0.15) is 18.9 Å². The summed E-state index contributed by atoms with van der Waals surface area (Å²) in [6, 6.07) is 7.43. The lowest BCUT2D eigenvalue weighted by Gasteiger charge is -2.13. The molecule has 2 rings (SSSR count).